The van der Waals surface area contributed by atoms with Crippen LogP contribution in [0.25, 0.3) is 11.0 Å². The Morgan fingerprint density at radius 3 is 2.80 bits per heavy atom. The minimum atomic E-state index is -0.412. The van der Waals surface area contributed by atoms with Crippen molar-refractivity contribution in [3.8, 4) is 0 Å². The van der Waals surface area contributed by atoms with Gasteiger partial charge in [-0.2, -0.15) is 0 Å². The summed E-state index contributed by atoms with van der Waals surface area (Å²) in [6.07, 6.45) is 1.43. The Hall–Kier alpha value is -2.82. The molecule has 0 bridgehead atoms. The summed E-state index contributed by atoms with van der Waals surface area (Å²) in [5, 5.41) is 3.51. The van der Waals surface area contributed by atoms with Crippen molar-refractivity contribution in [3.63, 3.8) is 0 Å². The van der Waals surface area contributed by atoms with Gasteiger partial charge in [0.05, 0.1) is 6.26 Å². The molecule has 2 heterocycles. The minimum Gasteiger partial charge on any atom is -0.459 e. The van der Waals surface area contributed by atoms with Crippen LogP contribution in [0, 0.1) is 6.92 Å². The van der Waals surface area contributed by atoms with Crippen LogP contribution in [-0.2, 0) is 0 Å². The van der Waals surface area contributed by atoms with Crippen molar-refractivity contribution in [2.45, 2.75) is 6.92 Å². The summed E-state index contributed by atoms with van der Waals surface area (Å²) >= 11 is 0. The Labute approximate surface area is 113 Å². The lowest BCUT2D eigenvalue weighted by atomic mass is 10.1. The van der Waals surface area contributed by atoms with Crippen molar-refractivity contribution in [3.05, 3.63) is 64.4 Å². The number of hydrogen-bond donors (Lipinski definition) is 1. The maximum Gasteiger partial charge on any atom is 0.336 e. The van der Waals surface area contributed by atoms with E-state index in [-0.39, 0.29) is 11.7 Å². The maximum absolute atomic E-state index is 11.8. The van der Waals surface area contributed by atoms with Crippen molar-refractivity contribution >= 4 is 22.6 Å². The Kier molecular flexibility index (Phi) is 2.87. The van der Waals surface area contributed by atoms with Gasteiger partial charge >= 0.3 is 5.63 Å². The molecule has 0 saturated heterocycles. The molecule has 5 nitrogen and oxygen atoms in total. The first-order valence-corrected chi connectivity index (χ1v) is 6.03. The van der Waals surface area contributed by atoms with Gasteiger partial charge in [0.15, 0.2) is 5.76 Å². The second-order valence-electron chi connectivity index (χ2n) is 4.39. The lowest BCUT2D eigenvalue weighted by Gasteiger charge is -2.05. The van der Waals surface area contributed by atoms with Crippen LogP contribution >= 0.6 is 0 Å². The molecule has 1 N–H and O–H groups in total. The van der Waals surface area contributed by atoms with E-state index < -0.39 is 5.63 Å². The first-order chi connectivity index (χ1) is 9.63. The van der Waals surface area contributed by atoms with Crippen LogP contribution in [0.4, 0.5) is 5.69 Å². The van der Waals surface area contributed by atoms with Gasteiger partial charge in [-0.15, -0.1) is 0 Å². The highest BCUT2D eigenvalue weighted by Gasteiger charge is 2.10. The molecule has 3 aromatic rings. The van der Waals surface area contributed by atoms with E-state index >= 15 is 0 Å². The van der Waals surface area contributed by atoms with E-state index in [9.17, 15) is 9.59 Å². The molecule has 0 saturated carbocycles. The van der Waals surface area contributed by atoms with Crippen LogP contribution in [0.2, 0.25) is 0 Å². The van der Waals surface area contributed by atoms with Crippen LogP contribution in [0.3, 0.4) is 0 Å². The van der Waals surface area contributed by atoms with E-state index in [1.165, 1.54) is 12.3 Å². The normalized spacial score (nSPS) is 10.7. The lowest BCUT2D eigenvalue weighted by molar-refractivity contribution is 0.0996. The summed E-state index contributed by atoms with van der Waals surface area (Å²) in [5.74, 6) is -0.139. The van der Waals surface area contributed by atoms with Crippen molar-refractivity contribution < 1.29 is 13.6 Å². The first-order valence-electron chi connectivity index (χ1n) is 6.03. The number of nitrogens with one attached hydrogen (secondary N) is 1. The largest absolute Gasteiger partial charge is 0.459 e. The summed E-state index contributed by atoms with van der Waals surface area (Å²) in [6.45, 7) is 1.83. The molecule has 0 aliphatic rings. The SMILES string of the molecule is Cc1cc(=O)oc2cc(NC(=O)c3ccco3)ccc12. The summed E-state index contributed by atoms with van der Waals surface area (Å²) in [4.78, 5) is 23.2. The Balaban J connectivity index is 1.97. The maximum atomic E-state index is 11.8. The molecule has 1 aromatic carbocycles. The molecule has 0 aliphatic carbocycles. The molecule has 0 atom stereocenters. The van der Waals surface area contributed by atoms with Crippen LogP contribution in [0.1, 0.15) is 16.1 Å². The van der Waals surface area contributed by atoms with Gasteiger partial charge in [0.25, 0.3) is 5.91 Å². The van der Waals surface area contributed by atoms with E-state index in [1.54, 1.807) is 30.3 Å². The topological polar surface area (TPSA) is 72.5 Å². The fourth-order valence-corrected chi connectivity index (χ4v) is 2.00. The fraction of sp³-hybridized carbons (Fsp3) is 0.0667. The fourth-order valence-electron chi connectivity index (χ4n) is 2.00. The van der Waals surface area contributed by atoms with Gasteiger partial charge < -0.3 is 14.2 Å². The highest BCUT2D eigenvalue weighted by Crippen LogP contribution is 2.21. The van der Waals surface area contributed by atoms with E-state index in [4.69, 9.17) is 8.83 Å². The van der Waals surface area contributed by atoms with Gasteiger partial charge in [0.2, 0.25) is 0 Å². The molecule has 1 amide bonds. The average molecular weight is 269 g/mol. The van der Waals surface area contributed by atoms with Crippen LogP contribution in [0.5, 0.6) is 0 Å². The molecule has 100 valence electrons. The number of furan rings is 1. The molecule has 3 rings (SSSR count). The molecule has 0 aliphatic heterocycles. The molecule has 0 spiro atoms. The minimum absolute atomic E-state index is 0.218. The highest BCUT2D eigenvalue weighted by molar-refractivity contribution is 6.03. The number of anilines is 1. The third kappa shape index (κ3) is 2.21. The Morgan fingerprint density at radius 2 is 2.05 bits per heavy atom. The Bertz CT molecular complexity index is 831. The van der Waals surface area contributed by atoms with E-state index in [2.05, 4.69) is 5.32 Å². The number of aryl methyl sites for hydroxylation is 1. The third-order valence-corrected chi connectivity index (χ3v) is 2.95. The second kappa shape index (κ2) is 4.70. The molecule has 0 fully saturated rings. The molecule has 20 heavy (non-hydrogen) atoms. The zero-order chi connectivity index (χ0) is 14.1. The van der Waals surface area contributed by atoms with Gasteiger partial charge in [-0.25, -0.2) is 4.79 Å². The monoisotopic (exact) mass is 269 g/mol. The number of carbonyl (C=O) groups excluding carboxylic acids is 1. The van der Waals surface area contributed by atoms with Gasteiger partial charge in [0, 0.05) is 23.2 Å². The smallest absolute Gasteiger partial charge is 0.336 e. The number of carbonyl (C=O) groups is 1. The number of benzene rings is 1. The average Bonchev–Trinajstić information content (AvgIpc) is 2.91. The predicted octanol–water partition coefficient (Wildman–Crippen LogP) is 2.95. The summed E-state index contributed by atoms with van der Waals surface area (Å²) in [5.41, 5.74) is 1.39. The standard InChI is InChI=1S/C15H11NO4/c1-9-7-14(17)20-13-8-10(4-5-11(9)13)16-15(18)12-3-2-6-19-12/h2-8H,1H3,(H,16,18). The Morgan fingerprint density at radius 1 is 1.20 bits per heavy atom. The van der Waals surface area contributed by atoms with Crippen molar-refractivity contribution in [1.29, 1.82) is 0 Å². The van der Waals surface area contributed by atoms with Crippen molar-refractivity contribution in [2.75, 3.05) is 5.32 Å². The van der Waals surface area contributed by atoms with Crippen molar-refractivity contribution in [2.24, 2.45) is 0 Å². The number of fused-ring (bicyclic) bond motifs is 1. The number of hydrogen-bond acceptors (Lipinski definition) is 4. The summed E-state index contributed by atoms with van der Waals surface area (Å²) < 4.78 is 10.1. The zero-order valence-electron chi connectivity index (χ0n) is 10.7. The number of amides is 1. The number of rotatable bonds is 2. The summed E-state index contributed by atoms with van der Waals surface area (Å²) in [6, 6.07) is 9.80. The van der Waals surface area contributed by atoms with Gasteiger partial charge in [-0.05, 0) is 36.8 Å². The highest BCUT2D eigenvalue weighted by atomic mass is 16.4. The van der Waals surface area contributed by atoms with E-state index in [1.807, 2.05) is 6.92 Å². The van der Waals surface area contributed by atoms with Gasteiger partial charge in [-0.1, -0.05) is 0 Å². The van der Waals surface area contributed by atoms with Gasteiger partial charge in [-0.3, -0.25) is 4.79 Å². The first kappa shape index (κ1) is 12.2. The predicted molar refractivity (Wildman–Crippen MR) is 73.9 cm³/mol. The lowest BCUT2D eigenvalue weighted by Crippen LogP contribution is -2.10. The van der Waals surface area contributed by atoms with Crippen LogP contribution in [-0.4, -0.2) is 5.91 Å². The van der Waals surface area contributed by atoms with Crippen molar-refractivity contribution in [1.82, 2.24) is 0 Å². The quantitative estimate of drug-likeness (QED) is 0.726. The van der Waals surface area contributed by atoms with E-state index in [0.29, 0.717) is 11.3 Å². The molecular formula is C15H11NO4. The zero-order valence-corrected chi connectivity index (χ0v) is 10.7. The second-order valence-corrected chi connectivity index (χ2v) is 4.39. The molecule has 5 heteroatoms. The summed E-state index contributed by atoms with van der Waals surface area (Å²) in [7, 11) is 0. The molecule has 0 radical (unpaired) electrons. The third-order valence-electron chi connectivity index (χ3n) is 2.95. The molecule has 2 aromatic heterocycles. The van der Waals surface area contributed by atoms with Crippen LogP contribution < -0.4 is 10.9 Å². The van der Waals surface area contributed by atoms with E-state index in [0.717, 1.165) is 10.9 Å². The molecular weight excluding hydrogens is 258 g/mol. The van der Waals surface area contributed by atoms with Gasteiger partial charge in [0.1, 0.15) is 5.58 Å². The van der Waals surface area contributed by atoms with Crippen LogP contribution in [0.15, 0.2) is 56.3 Å². The molecule has 0 unspecified atom stereocenters.